The first-order valence-corrected chi connectivity index (χ1v) is 12.9. The summed E-state index contributed by atoms with van der Waals surface area (Å²) in [6, 6.07) is 3.89. The van der Waals surface area contributed by atoms with E-state index in [4.69, 9.17) is 9.72 Å². The molecule has 3 heterocycles. The summed E-state index contributed by atoms with van der Waals surface area (Å²) in [5, 5.41) is 3.58. The Morgan fingerprint density at radius 1 is 1.08 bits per heavy atom. The SMILES string of the molecule is COc1cnc(-c2cccnc2C(C)C)nc1NCC12C3C4C1C1C2C3C41c1nc(C(F)(F)F)cn1C. The minimum Gasteiger partial charge on any atom is -0.491 e. The Balaban J connectivity index is 1.03. The molecule has 0 aliphatic heterocycles. The molecule has 10 heteroatoms. The topological polar surface area (TPSA) is 77.8 Å². The molecule has 0 spiro atoms. The Morgan fingerprint density at radius 3 is 2.38 bits per heavy atom. The molecule has 6 fully saturated rings. The fraction of sp³-hybridized carbons (Fsp3) is 0.556. The number of aromatic nitrogens is 5. The highest BCUT2D eigenvalue weighted by atomic mass is 19.4. The second kappa shape index (κ2) is 6.45. The van der Waals surface area contributed by atoms with E-state index >= 15 is 0 Å². The predicted molar refractivity (Wildman–Crippen MR) is 128 cm³/mol. The highest BCUT2D eigenvalue weighted by Crippen LogP contribution is 3.09. The lowest BCUT2D eigenvalue weighted by molar-refractivity contribution is -0.626. The van der Waals surface area contributed by atoms with Crippen molar-refractivity contribution in [2.45, 2.75) is 31.4 Å². The molecular formula is C27H27F3N6O. The number of rotatable bonds is 7. The van der Waals surface area contributed by atoms with Crippen LogP contribution in [-0.4, -0.2) is 38.2 Å². The van der Waals surface area contributed by atoms with Gasteiger partial charge in [0.15, 0.2) is 23.1 Å². The third kappa shape index (κ3) is 2.14. The molecule has 9 rings (SSSR count). The molecule has 1 N–H and O–H groups in total. The Kier molecular flexibility index (Phi) is 3.81. The van der Waals surface area contributed by atoms with Gasteiger partial charge in [-0.15, -0.1) is 0 Å². The number of imidazole rings is 1. The Hall–Kier alpha value is -3.17. The first kappa shape index (κ1) is 21.9. The average Bonchev–Trinajstić information content (AvgIpc) is 3.29. The lowest BCUT2D eigenvalue weighted by Crippen LogP contribution is -3.12. The van der Waals surface area contributed by atoms with Gasteiger partial charge < -0.3 is 14.6 Å². The summed E-state index contributed by atoms with van der Waals surface area (Å²) in [6.07, 6.45) is 0.242. The molecule has 37 heavy (non-hydrogen) atoms. The van der Waals surface area contributed by atoms with E-state index in [2.05, 4.69) is 34.1 Å². The number of methoxy groups -OCH3 is 1. The molecule has 0 unspecified atom stereocenters. The second-order valence-electron chi connectivity index (χ2n) is 11.8. The number of hydrogen-bond acceptors (Lipinski definition) is 6. The van der Waals surface area contributed by atoms with Gasteiger partial charge in [-0.05, 0) is 59.0 Å². The molecule has 0 aromatic carbocycles. The van der Waals surface area contributed by atoms with E-state index in [9.17, 15) is 13.2 Å². The number of anilines is 1. The summed E-state index contributed by atoms with van der Waals surface area (Å²) in [6.45, 7) is 5.00. The molecule has 0 atom stereocenters. The minimum absolute atomic E-state index is 0.104. The maximum absolute atomic E-state index is 13.3. The standard InChI is InChI=1S/C27H27F3N6O/c1-11(2)21-12(6-5-7-31-21)22-32-8-13(37-4)23(35-22)33-10-25-15-18-16(25)20-17(25)19(15)26(18,20)24-34-14(9-36(24)3)27(28,29)30/h5-9,11,15-20H,10H2,1-4H3,(H,32,33,35). The summed E-state index contributed by atoms with van der Waals surface area (Å²) < 4.78 is 47.0. The van der Waals surface area contributed by atoms with Gasteiger partial charge in [-0.25, -0.2) is 15.0 Å². The fourth-order valence-electron chi connectivity index (χ4n) is 9.64. The van der Waals surface area contributed by atoms with Crippen LogP contribution in [-0.2, 0) is 18.6 Å². The normalized spacial score (nSPS) is 37.1. The molecule has 6 saturated carbocycles. The van der Waals surface area contributed by atoms with Crippen LogP contribution in [0.25, 0.3) is 11.4 Å². The molecule has 6 aliphatic carbocycles. The quantitative estimate of drug-likeness (QED) is 0.506. The highest BCUT2D eigenvalue weighted by molar-refractivity contribution is 5.65. The number of alkyl halides is 3. The van der Waals surface area contributed by atoms with E-state index in [1.807, 2.05) is 12.1 Å². The smallest absolute Gasteiger partial charge is 0.434 e. The fourth-order valence-corrected chi connectivity index (χ4v) is 9.64. The monoisotopic (exact) mass is 508 g/mol. The van der Waals surface area contributed by atoms with E-state index < -0.39 is 11.9 Å². The summed E-state index contributed by atoms with van der Waals surface area (Å²) >= 11 is 0. The van der Waals surface area contributed by atoms with Crippen molar-refractivity contribution in [3.8, 4) is 17.1 Å². The van der Waals surface area contributed by atoms with E-state index in [-0.39, 0.29) is 16.7 Å². The van der Waals surface area contributed by atoms with Crippen LogP contribution in [0.15, 0.2) is 30.7 Å². The maximum atomic E-state index is 13.3. The van der Waals surface area contributed by atoms with Gasteiger partial charge in [0, 0.05) is 37.0 Å². The van der Waals surface area contributed by atoms with Gasteiger partial charge in [-0.1, -0.05) is 13.8 Å². The summed E-state index contributed by atoms with van der Waals surface area (Å²) in [5.74, 6) is 5.93. The molecule has 3 aromatic rings. The van der Waals surface area contributed by atoms with Crippen molar-refractivity contribution >= 4 is 5.82 Å². The summed E-state index contributed by atoms with van der Waals surface area (Å²) in [5.41, 5.74) is 1.24. The van der Waals surface area contributed by atoms with Gasteiger partial charge in [0.2, 0.25) is 0 Å². The van der Waals surface area contributed by atoms with E-state index in [0.29, 0.717) is 58.7 Å². The number of nitrogens with one attached hydrogen (secondary N) is 1. The lowest BCUT2D eigenvalue weighted by atomic mass is 8.92. The van der Waals surface area contributed by atoms with Crippen molar-refractivity contribution in [1.82, 2.24) is 24.5 Å². The van der Waals surface area contributed by atoms with Crippen LogP contribution < -0.4 is 10.1 Å². The summed E-state index contributed by atoms with van der Waals surface area (Å²) in [7, 11) is 3.33. The van der Waals surface area contributed by atoms with Gasteiger partial charge in [0.05, 0.1) is 19.0 Å². The van der Waals surface area contributed by atoms with Gasteiger partial charge >= 0.3 is 6.18 Å². The molecule has 3 aromatic heterocycles. The molecule has 192 valence electrons. The molecule has 6 aliphatic rings. The number of hydrogen-bond donors (Lipinski definition) is 1. The molecule has 0 radical (unpaired) electrons. The highest BCUT2D eigenvalue weighted by Gasteiger charge is 3.10. The van der Waals surface area contributed by atoms with Crippen molar-refractivity contribution in [2.75, 3.05) is 19.0 Å². The zero-order valence-corrected chi connectivity index (χ0v) is 20.9. The van der Waals surface area contributed by atoms with Crippen molar-refractivity contribution in [3.05, 3.63) is 47.9 Å². The van der Waals surface area contributed by atoms with Crippen LogP contribution in [0.2, 0.25) is 0 Å². The number of ether oxygens (including phenoxy) is 1. The number of aryl methyl sites for hydroxylation is 1. The lowest BCUT2D eigenvalue weighted by Gasteiger charge is -3.11. The number of nitrogens with zero attached hydrogens (tertiary/aromatic N) is 5. The molecular weight excluding hydrogens is 481 g/mol. The predicted octanol–water partition coefficient (Wildman–Crippen LogP) is 4.52. The van der Waals surface area contributed by atoms with Crippen molar-refractivity contribution in [3.63, 3.8) is 0 Å². The van der Waals surface area contributed by atoms with E-state index in [1.54, 1.807) is 31.1 Å². The van der Waals surface area contributed by atoms with E-state index in [0.717, 1.165) is 24.0 Å². The van der Waals surface area contributed by atoms with Gasteiger partial charge in [-0.3, -0.25) is 4.98 Å². The molecule has 7 nitrogen and oxygen atoms in total. The molecule has 0 bridgehead atoms. The van der Waals surface area contributed by atoms with Crippen LogP contribution in [0.3, 0.4) is 0 Å². The van der Waals surface area contributed by atoms with Crippen molar-refractivity contribution in [1.29, 1.82) is 0 Å². The van der Waals surface area contributed by atoms with Crippen LogP contribution in [0.5, 0.6) is 5.75 Å². The first-order chi connectivity index (χ1) is 17.7. The second-order valence-corrected chi connectivity index (χ2v) is 11.8. The number of halogens is 3. The Bertz CT molecular complexity index is 1430. The average molecular weight is 509 g/mol. The van der Waals surface area contributed by atoms with Crippen LogP contribution >= 0.6 is 0 Å². The van der Waals surface area contributed by atoms with Crippen molar-refractivity contribution < 1.29 is 17.9 Å². The zero-order valence-electron chi connectivity index (χ0n) is 20.9. The minimum atomic E-state index is -4.40. The first-order valence-electron chi connectivity index (χ1n) is 12.9. The number of pyridine rings is 1. The van der Waals surface area contributed by atoms with Gasteiger partial charge in [0.1, 0.15) is 5.82 Å². The third-order valence-electron chi connectivity index (χ3n) is 10.6. The van der Waals surface area contributed by atoms with Crippen LogP contribution in [0.1, 0.15) is 37.0 Å². The Morgan fingerprint density at radius 2 is 1.78 bits per heavy atom. The maximum Gasteiger partial charge on any atom is 0.434 e. The zero-order chi connectivity index (χ0) is 25.6. The largest absolute Gasteiger partial charge is 0.491 e. The van der Waals surface area contributed by atoms with Crippen LogP contribution in [0.4, 0.5) is 19.0 Å². The van der Waals surface area contributed by atoms with Gasteiger partial charge in [-0.2, -0.15) is 13.2 Å². The van der Waals surface area contributed by atoms with Gasteiger partial charge in [0.25, 0.3) is 0 Å². The van der Waals surface area contributed by atoms with Crippen molar-refractivity contribution in [2.24, 2.45) is 48.0 Å². The summed E-state index contributed by atoms with van der Waals surface area (Å²) in [4.78, 5) is 18.0. The van der Waals surface area contributed by atoms with Crippen LogP contribution in [0, 0.1) is 40.9 Å². The molecule has 0 saturated heterocycles. The van der Waals surface area contributed by atoms with E-state index in [1.165, 1.54) is 0 Å². The third-order valence-corrected chi connectivity index (χ3v) is 10.6. The molecule has 0 amide bonds. The Labute approximate surface area is 211 Å².